The number of aromatic amines is 1. The molecule has 0 radical (unpaired) electrons. The summed E-state index contributed by atoms with van der Waals surface area (Å²) in [6.45, 7) is 2.08. The van der Waals surface area contributed by atoms with Crippen molar-refractivity contribution in [1.82, 2.24) is 10.2 Å². The molecule has 0 saturated heterocycles. The number of aryl methyl sites for hydroxylation is 1. The van der Waals surface area contributed by atoms with Crippen molar-refractivity contribution in [2.24, 2.45) is 0 Å². The Labute approximate surface area is 74.2 Å². The van der Waals surface area contributed by atoms with E-state index in [1.54, 1.807) is 11.3 Å². The molecular formula is C8H9N3S. The molecule has 3 nitrogen and oxygen atoms in total. The van der Waals surface area contributed by atoms with Crippen LogP contribution >= 0.6 is 11.3 Å². The monoisotopic (exact) mass is 179 g/mol. The first-order valence-corrected chi connectivity index (χ1v) is 4.50. The van der Waals surface area contributed by atoms with Gasteiger partial charge in [-0.2, -0.15) is 5.10 Å². The molecule has 0 aliphatic heterocycles. The van der Waals surface area contributed by atoms with Crippen LogP contribution in [-0.2, 0) is 0 Å². The summed E-state index contributed by atoms with van der Waals surface area (Å²) in [6, 6.07) is 3.90. The first-order chi connectivity index (χ1) is 5.77. The molecule has 62 valence electrons. The number of nitrogen functional groups attached to an aromatic ring is 1. The van der Waals surface area contributed by atoms with Gasteiger partial charge in [0.1, 0.15) is 5.82 Å². The third-order valence-electron chi connectivity index (χ3n) is 1.75. The Morgan fingerprint density at radius 1 is 1.58 bits per heavy atom. The highest BCUT2D eigenvalue weighted by Gasteiger charge is 2.04. The van der Waals surface area contributed by atoms with Gasteiger partial charge in [0.25, 0.3) is 0 Å². The minimum atomic E-state index is 0.538. The summed E-state index contributed by atoms with van der Waals surface area (Å²) >= 11 is 1.72. The first kappa shape index (κ1) is 7.36. The Morgan fingerprint density at radius 3 is 2.92 bits per heavy atom. The molecule has 2 aromatic heterocycles. The van der Waals surface area contributed by atoms with Gasteiger partial charge < -0.3 is 5.73 Å². The zero-order valence-corrected chi connectivity index (χ0v) is 7.48. The van der Waals surface area contributed by atoms with Gasteiger partial charge in [-0.25, -0.2) is 0 Å². The van der Waals surface area contributed by atoms with Gasteiger partial charge in [-0.1, -0.05) is 0 Å². The number of hydrogen-bond donors (Lipinski definition) is 2. The number of thiophene rings is 1. The highest BCUT2D eigenvalue weighted by molar-refractivity contribution is 7.10. The summed E-state index contributed by atoms with van der Waals surface area (Å²) in [5, 5.41) is 8.81. The van der Waals surface area contributed by atoms with Crippen molar-refractivity contribution < 1.29 is 0 Å². The van der Waals surface area contributed by atoms with E-state index in [-0.39, 0.29) is 0 Å². The van der Waals surface area contributed by atoms with E-state index in [0.717, 1.165) is 5.69 Å². The van der Waals surface area contributed by atoms with Crippen molar-refractivity contribution in [1.29, 1.82) is 0 Å². The van der Waals surface area contributed by atoms with E-state index in [4.69, 9.17) is 5.73 Å². The second-order valence-corrected chi connectivity index (χ2v) is 3.72. The van der Waals surface area contributed by atoms with E-state index in [2.05, 4.69) is 28.6 Å². The molecule has 3 N–H and O–H groups in total. The van der Waals surface area contributed by atoms with Crippen LogP contribution in [0, 0.1) is 6.92 Å². The molecular weight excluding hydrogens is 170 g/mol. The molecule has 0 fully saturated rings. The molecule has 0 aliphatic carbocycles. The number of rotatable bonds is 1. The normalized spacial score (nSPS) is 10.4. The number of nitrogens with zero attached hydrogens (tertiary/aromatic N) is 1. The molecule has 0 amide bonds. The van der Waals surface area contributed by atoms with E-state index in [9.17, 15) is 0 Å². The van der Waals surface area contributed by atoms with Crippen LogP contribution in [-0.4, -0.2) is 10.2 Å². The average Bonchev–Trinajstić information content (AvgIpc) is 2.58. The standard InChI is InChI=1S/C8H9N3S/c1-5-6(2-3-12-5)7-4-8(9)11-10-7/h2-4H,1H3,(H3,9,10,11). The Bertz CT molecular complexity index is 388. The molecule has 2 aromatic rings. The molecule has 0 unspecified atom stereocenters. The van der Waals surface area contributed by atoms with Crippen molar-refractivity contribution in [2.45, 2.75) is 6.92 Å². The topological polar surface area (TPSA) is 54.7 Å². The van der Waals surface area contributed by atoms with Gasteiger partial charge in [0.15, 0.2) is 0 Å². The van der Waals surface area contributed by atoms with Crippen molar-refractivity contribution in [3.63, 3.8) is 0 Å². The van der Waals surface area contributed by atoms with Crippen molar-refractivity contribution >= 4 is 17.2 Å². The van der Waals surface area contributed by atoms with Crippen LogP contribution in [0.5, 0.6) is 0 Å². The number of H-pyrrole nitrogens is 1. The highest BCUT2D eigenvalue weighted by atomic mass is 32.1. The zero-order chi connectivity index (χ0) is 8.55. The van der Waals surface area contributed by atoms with Crippen LogP contribution in [0.15, 0.2) is 17.5 Å². The lowest BCUT2D eigenvalue weighted by atomic mass is 10.2. The number of nitrogens with two attached hydrogens (primary N) is 1. The van der Waals surface area contributed by atoms with Crippen LogP contribution in [0.2, 0.25) is 0 Å². The molecule has 2 heterocycles. The fourth-order valence-electron chi connectivity index (χ4n) is 1.14. The summed E-state index contributed by atoms with van der Waals surface area (Å²) in [7, 11) is 0. The van der Waals surface area contributed by atoms with E-state index >= 15 is 0 Å². The lowest BCUT2D eigenvalue weighted by molar-refractivity contribution is 1.10. The molecule has 0 spiro atoms. The number of nitrogens with one attached hydrogen (secondary N) is 1. The average molecular weight is 179 g/mol. The van der Waals surface area contributed by atoms with Crippen molar-refractivity contribution in [3.8, 4) is 11.3 Å². The zero-order valence-electron chi connectivity index (χ0n) is 6.66. The number of aromatic nitrogens is 2. The van der Waals surface area contributed by atoms with Crippen LogP contribution in [0.25, 0.3) is 11.3 Å². The smallest absolute Gasteiger partial charge is 0.145 e. The number of hydrogen-bond acceptors (Lipinski definition) is 3. The number of anilines is 1. The maximum atomic E-state index is 5.50. The van der Waals surface area contributed by atoms with Crippen molar-refractivity contribution in [2.75, 3.05) is 5.73 Å². The van der Waals surface area contributed by atoms with Gasteiger partial charge in [0.05, 0.1) is 5.69 Å². The fraction of sp³-hybridized carbons (Fsp3) is 0.125. The quantitative estimate of drug-likeness (QED) is 0.703. The Morgan fingerprint density at radius 2 is 2.42 bits per heavy atom. The van der Waals surface area contributed by atoms with Crippen LogP contribution in [0.1, 0.15) is 4.88 Å². The van der Waals surface area contributed by atoms with Gasteiger partial charge in [-0.3, -0.25) is 5.10 Å². The van der Waals surface area contributed by atoms with E-state index < -0.39 is 0 Å². The van der Waals surface area contributed by atoms with Gasteiger partial charge >= 0.3 is 0 Å². The molecule has 0 aliphatic rings. The first-order valence-electron chi connectivity index (χ1n) is 3.63. The van der Waals surface area contributed by atoms with Gasteiger partial charge in [-0.05, 0) is 18.4 Å². The minimum Gasteiger partial charge on any atom is -0.382 e. The van der Waals surface area contributed by atoms with Crippen LogP contribution < -0.4 is 5.73 Å². The predicted molar refractivity (Wildman–Crippen MR) is 51.1 cm³/mol. The maximum Gasteiger partial charge on any atom is 0.145 e. The van der Waals surface area contributed by atoms with E-state index in [1.165, 1.54) is 10.4 Å². The maximum absolute atomic E-state index is 5.50. The van der Waals surface area contributed by atoms with Crippen LogP contribution in [0.3, 0.4) is 0 Å². The molecule has 0 saturated carbocycles. The highest BCUT2D eigenvalue weighted by Crippen LogP contribution is 2.26. The third kappa shape index (κ3) is 1.10. The molecule has 0 bridgehead atoms. The van der Waals surface area contributed by atoms with E-state index in [0.29, 0.717) is 5.82 Å². The minimum absolute atomic E-state index is 0.538. The summed E-state index contributed by atoms with van der Waals surface area (Å²) in [4.78, 5) is 1.28. The molecule has 4 heteroatoms. The lowest BCUT2D eigenvalue weighted by Gasteiger charge is -1.91. The van der Waals surface area contributed by atoms with Crippen LogP contribution in [0.4, 0.5) is 5.82 Å². The molecule has 2 rings (SSSR count). The Kier molecular flexibility index (Phi) is 1.62. The molecule has 0 aromatic carbocycles. The third-order valence-corrected chi connectivity index (χ3v) is 2.59. The largest absolute Gasteiger partial charge is 0.382 e. The molecule has 0 atom stereocenters. The lowest BCUT2D eigenvalue weighted by Crippen LogP contribution is -1.81. The summed E-state index contributed by atoms with van der Waals surface area (Å²) in [5.74, 6) is 0.538. The summed E-state index contributed by atoms with van der Waals surface area (Å²) in [5.41, 5.74) is 7.67. The molecule has 12 heavy (non-hydrogen) atoms. The van der Waals surface area contributed by atoms with Gasteiger partial charge in [0, 0.05) is 16.5 Å². The summed E-state index contributed by atoms with van der Waals surface area (Å²) in [6.07, 6.45) is 0. The second-order valence-electron chi connectivity index (χ2n) is 2.60. The summed E-state index contributed by atoms with van der Waals surface area (Å²) < 4.78 is 0. The second kappa shape index (κ2) is 2.64. The SMILES string of the molecule is Cc1sccc1-c1cc(N)n[nH]1. The fourth-order valence-corrected chi connectivity index (χ4v) is 1.85. The Balaban J connectivity index is 2.50. The van der Waals surface area contributed by atoms with Crippen molar-refractivity contribution in [3.05, 3.63) is 22.4 Å². The van der Waals surface area contributed by atoms with E-state index in [1.807, 2.05) is 6.07 Å². The Hall–Kier alpha value is -1.29. The van der Waals surface area contributed by atoms with Gasteiger partial charge in [-0.15, -0.1) is 11.3 Å². The predicted octanol–water partition coefficient (Wildman–Crippen LogP) is 2.03. The van der Waals surface area contributed by atoms with Gasteiger partial charge in [0.2, 0.25) is 0 Å².